The predicted octanol–water partition coefficient (Wildman–Crippen LogP) is 2.58. The summed E-state index contributed by atoms with van der Waals surface area (Å²) in [6.45, 7) is 10.1. The number of aromatic nitrogens is 1. The number of fused-ring (bicyclic) bond motifs is 1. The highest BCUT2D eigenvalue weighted by atomic mass is 15.1. The van der Waals surface area contributed by atoms with E-state index in [1.807, 2.05) is 0 Å². The zero-order valence-electron chi connectivity index (χ0n) is 11.9. The van der Waals surface area contributed by atoms with Crippen LogP contribution in [0.25, 0.3) is 10.9 Å². The highest BCUT2D eigenvalue weighted by Crippen LogP contribution is 2.25. The van der Waals surface area contributed by atoms with E-state index >= 15 is 0 Å². The molecule has 0 atom stereocenters. The fourth-order valence-electron chi connectivity index (χ4n) is 3.04. The largest absolute Gasteiger partial charge is 0.358 e. The Morgan fingerprint density at radius 1 is 1.16 bits per heavy atom. The first-order valence-electron chi connectivity index (χ1n) is 7.25. The molecular weight excluding hydrogens is 234 g/mol. The molecule has 2 aromatic rings. The van der Waals surface area contributed by atoms with Crippen molar-refractivity contribution < 1.29 is 0 Å². The minimum Gasteiger partial charge on any atom is -0.358 e. The van der Waals surface area contributed by atoms with Crippen molar-refractivity contribution in [2.45, 2.75) is 26.8 Å². The third kappa shape index (κ3) is 2.53. The van der Waals surface area contributed by atoms with E-state index in [0.717, 1.165) is 26.2 Å². The van der Waals surface area contributed by atoms with Crippen molar-refractivity contribution in [2.24, 2.45) is 0 Å². The summed E-state index contributed by atoms with van der Waals surface area (Å²) in [5, 5.41) is 4.87. The molecular formula is C16H23N3. The molecule has 1 fully saturated rings. The first-order chi connectivity index (χ1) is 9.25. The van der Waals surface area contributed by atoms with Crippen molar-refractivity contribution in [3.8, 4) is 0 Å². The standard InChI is InChI=1S/C16H23N3/c1-12-5-3-6-14-15(13(2)18-16(12)14)11-19-9-4-7-17-8-10-19/h3,5-6,17-18H,4,7-11H2,1-2H3. The van der Waals surface area contributed by atoms with Gasteiger partial charge in [0.05, 0.1) is 0 Å². The smallest absolute Gasteiger partial charge is 0.0489 e. The molecule has 2 heterocycles. The summed E-state index contributed by atoms with van der Waals surface area (Å²) >= 11 is 0. The number of benzene rings is 1. The van der Waals surface area contributed by atoms with E-state index in [1.165, 1.54) is 40.7 Å². The van der Waals surface area contributed by atoms with Crippen molar-refractivity contribution in [3.63, 3.8) is 0 Å². The van der Waals surface area contributed by atoms with Crippen LogP contribution in [0, 0.1) is 13.8 Å². The van der Waals surface area contributed by atoms with Crippen LogP contribution in [0.1, 0.15) is 23.2 Å². The molecule has 3 rings (SSSR count). The third-order valence-corrected chi connectivity index (χ3v) is 4.18. The lowest BCUT2D eigenvalue weighted by Crippen LogP contribution is -2.27. The van der Waals surface area contributed by atoms with Crippen LogP contribution in [0.2, 0.25) is 0 Å². The Morgan fingerprint density at radius 3 is 2.95 bits per heavy atom. The molecule has 2 N–H and O–H groups in total. The van der Waals surface area contributed by atoms with Gasteiger partial charge in [0.1, 0.15) is 0 Å². The van der Waals surface area contributed by atoms with E-state index in [0.29, 0.717) is 0 Å². The molecule has 0 saturated carbocycles. The number of rotatable bonds is 2. The average Bonchev–Trinajstić information content (AvgIpc) is 2.60. The zero-order chi connectivity index (χ0) is 13.2. The number of hydrogen-bond acceptors (Lipinski definition) is 2. The van der Waals surface area contributed by atoms with Gasteiger partial charge in [-0.15, -0.1) is 0 Å². The molecule has 3 nitrogen and oxygen atoms in total. The van der Waals surface area contributed by atoms with Gasteiger partial charge in [0.15, 0.2) is 0 Å². The highest BCUT2D eigenvalue weighted by molar-refractivity contribution is 5.87. The van der Waals surface area contributed by atoms with Gasteiger partial charge in [-0.05, 0) is 44.5 Å². The Kier molecular flexibility index (Phi) is 3.58. The van der Waals surface area contributed by atoms with Gasteiger partial charge in [0.25, 0.3) is 0 Å². The summed E-state index contributed by atoms with van der Waals surface area (Å²) < 4.78 is 0. The van der Waals surface area contributed by atoms with Crippen molar-refractivity contribution in [1.29, 1.82) is 0 Å². The maximum absolute atomic E-state index is 3.56. The van der Waals surface area contributed by atoms with Crippen molar-refractivity contribution in [2.75, 3.05) is 26.2 Å². The van der Waals surface area contributed by atoms with Crippen molar-refractivity contribution >= 4 is 10.9 Å². The van der Waals surface area contributed by atoms with Crippen LogP contribution in [0.5, 0.6) is 0 Å². The minimum atomic E-state index is 1.07. The van der Waals surface area contributed by atoms with Crippen LogP contribution < -0.4 is 5.32 Å². The van der Waals surface area contributed by atoms with Gasteiger partial charge in [0.2, 0.25) is 0 Å². The van der Waals surface area contributed by atoms with E-state index in [-0.39, 0.29) is 0 Å². The topological polar surface area (TPSA) is 31.1 Å². The van der Waals surface area contributed by atoms with Gasteiger partial charge in [-0.2, -0.15) is 0 Å². The van der Waals surface area contributed by atoms with Crippen LogP contribution in [0.15, 0.2) is 18.2 Å². The maximum Gasteiger partial charge on any atom is 0.0489 e. The van der Waals surface area contributed by atoms with E-state index in [1.54, 1.807) is 0 Å². The lowest BCUT2D eigenvalue weighted by atomic mass is 10.1. The number of H-pyrrole nitrogens is 1. The van der Waals surface area contributed by atoms with Crippen LogP contribution in [0.4, 0.5) is 0 Å². The van der Waals surface area contributed by atoms with Gasteiger partial charge in [-0.3, -0.25) is 4.90 Å². The third-order valence-electron chi connectivity index (χ3n) is 4.18. The predicted molar refractivity (Wildman–Crippen MR) is 80.5 cm³/mol. The second kappa shape index (κ2) is 5.35. The molecule has 19 heavy (non-hydrogen) atoms. The second-order valence-corrected chi connectivity index (χ2v) is 5.61. The molecule has 3 heteroatoms. The molecule has 1 aliphatic rings. The van der Waals surface area contributed by atoms with Crippen molar-refractivity contribution in [1.82, 2.24) is 15.2 Å². The summed E-state index contributed by atoms with van der Waals surface area (Å²) in [7, 11) is 0. The normalized spacial score (nSPS) is 17.8. The average molecular weight is 257 g/mol. The minimum absolute atomic E-state index is 1.07. The summed E-state index contributed by atoms with van der Waals surface area (Å²) in [5.74, 6) is 0. The Labute approximate surface area is 115 Å². The van der Waals surface area contributed by atoms with Gasteiger partial charge in [0, 0.05) is 36.2 Å². The number of nitrogens with zero attached hydrogens (tertiary/aromatic N) is 1. The molecule has 0 aliphatic carbocycles. The van der Waals surface area contributed by atoms with E-state index in [9.17, 15) is 0 Å². The molecule has 102 valence electrons. The fourth-order valence-corrected chi connectivity index (χ4v) is 3.04. The van der Waals surface area contributed by atoms with Crippen LogP contribution >= 0.6 is 0 Å². The first-order valence-corrected chi connectivity index (χ1v) is 7.25. The Hall–Kier alpha value is -1.32. The van der Waals surface area contributed by atoms with Gasteiger partial charge in [-0.1, -0.05) is 18.2 Å². The second-order valence-electron chi connectivity index (χ2n) is 5.61. The summed E-state index contributed by atoms with van der Waals surface area (Å²) in [4.78, 5) is 6.13. The molecule has 1 aromatic carbocycles. The Balaban J connectivity index is 1.91. The van der Waals surface area contributed by atoms with Crippen LogP contribution in [-0.2, 0) is 6.54 Å². The molecule has 0 radical (unpaired) electrons. The monoisotopic (exact) mass is 257 g/mol. The van der Waals surface area contributed by atoms with E-state index < -0.39 is 0 Å². The number of hydrogen-bond donors (Lipinski definition) is 2. The molecule has 0 amide bonds. The summed E-state index contributed by atoms with van der Waals surface area (Å²) in [5.41, 5.74) is 5.44. The quantitative estimate of drug-likeness (QED) is 0.866. The maximum atomic E-state index is 3.56. The molecule has 1 aliphatic heterocycles. The van der Waals surface area contributed by atoms with Crippen LogP contribution in [0.3, 0.4) is 0 Å². The van der Waals surface area contributed by atoms with Gasteiger partial charge < -0.3 is 10.3 Å². The zero-order valence-corrected chi connectivity index (χ0v) is 11.9. The molecule has 1 aromatic heterocycles. The Bertz CT molecular complexity index is 563. The number of para-hydroxylation sites is 1. The summed E-state index contributed by atoms with van der Waals surface area (Å²) in [6, 6.07) is 6.59. The number of nitrogens with one attached hydrogen (secondary N) is 2. The lowest BCUT2D eigenvalue weighted by molar-refractivity contribution is 0.285. The first kappa shape index (κ1) is 12.7. The van der Waals surface area contributed by atoms with Gasteiger partial charge in [-0.25, -0.2) is 0 Å². The van der Waals surface area contributed by atoms with Gasteiger partial charge >= 0.3 is 0 Å². The number of aromatic amines is 1. The summed E-state index contributed by atoms with van der Waals surface area (Å²) in [6.07, 6.45) is 1.25. The fraction of sp³-hybridized carbons (Fsp3) is 0.500. The lowest BCUT2D eigenvalue weighted by Gasteiger charge is -2.19. The molecule has 1 saturated heterocycles. The SMILES string of the molecule is Cc1[nH]c2c(C)cccc2c1CN1CCCNCC1. The highest BCUT2D eigenvalue weighted by Gasteiger charge is 2.14. The molecule has 0 unspecified atom stereocenters. The van der Waals surface area contributed by atoms with E-state index in [2.05, 4.69) is 47.2 Å². The van der Waals surface area contributed by atoms with Crippen molar-refractivity contribution in [3.05, 3.63) is 35.0 Å². The Morgan fingerprint density at radius 2 is 2.05 bits per heavy atom. The number of aryl methyl sites for hydroxylation is 2. The molecule has 0 spiro atoms. The molecule has 0 bridgehead atoms. The van der Waals surface area contributed by atoms with E-state index in [4.69, 9.17) is 0 Å². The van der Waals surface area contributed by atoms with Crippen LogP contribution in [-0.4, -0.2) is 36.1 Å².